The van der Waals surface area contributed by atoms with Gasteiger partial charge in [0.25, 0.3) is 0 Å². The minimum atomic E-state index is -2.34. The molecule has 0 unspecified atom stereocenters. The van der Waals surface area contributed by atoms with Crippen molar-refractivity contribution in [1.29, 1.82) is 0 Å². The second-order valence-corrected chi connectivity index (χ2v) is 1.68. The SMILES string of the molecule is C#CC[SH](=O)=O. The van der Waals surface area contributed by atoms with Gasteiger partial charge in [0.2, 0.25) is 0 Å². The van der Waals surface area contributed by atoms with Crippen molar-refractivity contribution in [2.24, 2.45) is 0 Å². The first-order valence-corrected chi connectivity index (χ1v) is 2.69. The summed E-state index contributed by atoms with van der Waals surface area (Å²) in [5.41, 5.74) is 0. The molecule has 0 aromatic rings. The molecule has 0 aliphatic heterocycles. The summed E-state index contributed by atoms with van der Waals surface area (Å²) >= 11 is 0. The van der Waals surface area contributed by atoms with E-state index in [9.17, 15) is 8.42 Å². The summed E-state index contributed by atoms with van der Waals surface area (Å²) in [6.07, 6.45) is 4.60. The molecular formula is C3H4O2S. The van der Waals surface area contributed by atoms with Crippen molar-refractivity contribution in [1.82, 2.24) is 0 Å². The zero-order valence-electron chi connectivity index (χ0n) is 3.05. The lowest BCUT2D eigenvalue weighted by molar-refractivity contribution is 0.617. The lowest BCUT2D eigenvalue weighted by atomic mass is 10.8. The van der Waals surface area contributed by atoms with Crippen LogP contribution in [-0.2, 0) is 10.7 Å². The molecule has 0 fully saturated rings. The Morgan fingerprint density at radius 3 is 2.17 bits per heavy atom. The third kappa shape index (κ3) is 3.51. The normalized spacial score (nSPS) is 8.00. The van der Waals surface area contributed by atoms with E-state index >= 15 is 0 Å². The first kappa shape index (κ1) is 5.51. The van der Waals surface area contributed by atoms with E-state index in [1.807, 2.05) is 5.92 Å². The van der Waals surface area contributed by atoms with Crippen LogP contribution >= 0.6 is 0 Å². The largest absolute Gasteiger partial charge is 0.231 e. The van der Waals surface area contributed by atoms with Gasteiger partial charge in [-0.25, -0.2) is 8.42 Å². The summed E-state index contributed by atoms with van der Waals surface area (Å²) in [5, 5.41) is 0. The molecule has 0 bridgehead atoms. The van der Waals surface area contributed by atoms with Gasteiger partial charge < -0.3 is 0 Å². The van der Waals surface area contributed by atoms with Gasteiger partial charge in [-0.15, -0.1) is 6.42 Å². The van der Waals surface area contributed by atoms with Crippen LogP contribution in [0.2, 0.25) is 0 Å². The summed E-state index contributed by atoms with van der Waals surface area (Å²) < 4.78 is 19.0. The fraction of sp³-hybridized carbons (Fsp3) is 0.333. The maximum atomic E-state index is 9.49. The van der Waals surface area contributed by atoms with Gasteiger partial charge in [0.1, 0.15) is 5.75 Å². The molecule has 0 aliphatic rings. The van der Waals surface area contributed by atoms with Crippen LogP contribution in [0.1, 0.15) is 0 Å². The van der Waals surface area contributed by atoms with Crippen LogP contribution in [0.25, 0.3) is 0 Å². The van der Waals surface area contributed by atoms with Crippen LogP contribution in [0.3, 0.4) is 0 Å². The Labute approximate surface area is 38.1 Å². The topological polar surface area (TPSA) is 34.1 Å². The van der Waals surface area contributed by atoms with Crippen LogP contribution in [0, 0.1) is 12.3 Å². The smallest absolute Gasteiger partial charge is 0.151 e. The van der Waals surface area contributed by atoms with Gasteiger partial charge in [0.15, 0.2) is 10.7 Å². The third-order valence-electron chi connectivity index (χ3n) is 0.220. The summed E-state index contributed by atoms with van der Waals surface area (Å²) in [4.78, 5) is 0. The summed E-state index contributed by atoms with van der Waals surface area (Å²) in [6, 6.07) is 0. The second kappa shape index (κ2) is 2.73. The van der Waals surface area contributed by atoms with Crippen molar-refractivity contribution in [2.45, 2.75) is 0 Å². The maximum Gasteiger partial charge on any atom is 0.151 e. The number of thiol groups is 1. The van der Waals surface area contributed by atoms with Crippen LogP contribution in [0.4, 0.5) is 0 Å². The summed E-state index contributed by atoms with van der Waals surface area (Å²) in [7, 11) is -2.34. The van der Waals surface area contributed by atoms with Crippen molar-refractivity contribution in [3.63, 3.8) is 0 Å². The Hall–Kier alpha value is -0.490. The second-order valence-electron chi connectivity index (χ2n) is 0.695. The molecule has 0 heterocycles. The minimum Gasteiger partial charge on any atom is -0.231 e. The zero-order valence-corrected chi connectivity index (χ0v) is 3.94. The van der Waals surface area contributed by atoms with E-state index in [1.54, 1.807) is 0 Å². The average molecular weight is 104 g/mol. The molecule has 0 amide bonds. The highest BCUT2D eigenvalue weighted by Crippen LogP contribution is 1.54. The molecule has 3 heteroatoms. The first-order valence-electron chi connectivity index (χ1n) is 1.32. The molecule has 0 radical (unpaired) electrons. The van der Waals surface area contributed by atoms with Crippen molar-refractivity contribution >= 4 is 10.7 Å². The number of hydrogen-bond donors (Lipinski definition) is 1. The van der Waals surface area contributed by atoms with Gasteiger partial charge in [-0.1, -0.05) is 5.92 Å². The Balaban J connectivity index is 3.41. The van der Waals surface area contributed by atoms with E-state index in [0.717, 1.165) is 0 Å². The highest BCUT2D eigenvalue weighted by molar-refractivity contribution is 7.72. The van der Waals surface area contributed by atoms with Crippen molar-refractivity contribution in [3.05, 3.63) is 0 Å². The average Bonchev–Trinajstić information content (AvgIpc) is 1.35. The van der Waals surface area contributed by atoms with E-state index in [2.05, 4.69) is 6.42 Å². The fourth-order valence-electron chi connectivity index (χ4n) is 0.0745. The van der Waals surface area contributed by atoms with E-state index in [4.69, 9.17) is 0 Å². The lowest BCUT2D eigenvalue weighted by Crippen LogP contribution is -1.77. The van der Waals surface area contributed by atoms with Crippen molar-refractivity contribution in [2.75, 3.05) is 5.75 Å². The fourth-order valence-corrected chi connectivity index (χ4v) is 0.224. The van der Waals surface area contributed by atoms with Gasteiger partial charge in [0, 0.05) is 0 Å². The highest BCUT2D eigenvalue weighted by Gasteiger charge is 1.70. The lowest BCUT2D eigenvalue weighted by Gasteiger charge is -1.62. The molecule has 0 N–H and O–H groups in total. The minimum absolute atomic E-state index is 0.144. The molecule has 2 nitrogen and oxygen atoms in total. The van der Waals surface area contributed by atoms with Crippen LogP contribution in [0.15, 0.2) is 0 Å². The zero-order chi connectivity index (χ0) is 4.99. The number of rotatable bonds is 1. The summed E-state index contributed by atoms with van der Waals surface area (Å²) in [6.45, 7) is 0. The van der Waals surface area contributed by atoms with Gasteiger partial charge >= 0.3 is 0 Å². The van der Waals surface area contributed by atoms with E-state index in [0.29, 0.717) is 0 Å². The molecule has 0 atom stereocenters. The first-order chi connectivity index (χ1) is 2.77. The monoisotopic (exact) mass is 104 g/mol. The standard InChI is InChI=1S/C3H4O2S/c1-2-3-6(4)5/h1,6H,3H2. The van der Waals surface area contributed by atoms with Crippen LogP contribution in [-0.4, -0.2) is 14.2 Å². The maximum absolute atomic E-state index is 9.49. The highest BCUT2D eigenvalue weighted by atomic mass is 32.2. The Morgan fingerprint density at radius 2 is 2.17 bits per heavy atom. The molecule has 6 heavy (non-hydrogen) atoms. The Morgan fingerprint density at radius 1 is 1.67 bits per heavy atom. The Kier molecular flexibility index (Phi) is 2.51. The molecule has 0 rings (SSSR count). The number of terminal acetylenes is 1. The van der Waals surface area contributed by atoms with Gasteiger partial charge in [-0.2, -0.15) is 0 Å². The molecule has 34 valence electrons. The van der Waals surface area contributed by atoms with Gasteiger partial charge in [-0.05, 0) is 0 Å². The predicted molar refractivity (Wildman–Crippen MR) is 24.0 cm³/mol. The summed E-state index contributed by atoms with van der Waals surface area (Å²) in [5.74, 6) is 1.83. The molecule has 0 aromatic heterocycles. The van der Waals surface area contributed by atoms with Crippen molar-refractivity contribution in [3.8, 4) is 12.3 Å². The predicted octanol–water partition coefficient (Wildman–Crippen LogP) is -0.769. The molecule has 0 saturated carbocycles. The molecular weight excluding hydrogens is 100 g/mol. The van der Waals surface area contributed by atoms with Gasteiger partial charge in [-0.3, -0.25) is 0 Å². The van der Waals surface area contributed by atoms with E-state index < -0.39 is 10.7 Å². The molecule has 0 aromatic carbocycles. The molecule has 0 spiro atoms. The Bertz CT molecular complexity index is 120. The molecule has 0 aliphatic carbocycles. The number of hydrogen-bond acceptors (Lipinski definition) is 2. The third-order valence-corrected chi connectivity index (χ3v) is 0.661. The van der Waals surface area contributed by atoms with E-state index in [-0.39, 0.29) is 5.75 Å². The van der Waals surface area contributed by atoms with E-state index in [1.165, 1.54) is 0 Å². The van der Waals surface area contributed by atoms with Crippen LogP contribution < -0.4 is 0 Å². The van der Waals surface area contributed by atoms with Crippen LogP contribution in [0.5, 0.6) is 0 Å². The quantitative estimate of drug-likeness (QED) is 0.350. The molecule has 0 saturated heterocycles. The van der Waals surface area contributed by atoms with Crippen molar-refractivity contribution < 1.29 is 8.42 Å². The van der Waals surface area contributed by atoms with Gasteiger partial charge in [0.05, 0.1) is 0 Å².